The molecule has 0 aromatic heterocycles. The van der Waals surface area contributed by atoms with E-state index in [2.05, 4.69) is 0 Å². The molecule has 1 heterocycles. The van der Waals surface area contributed by atoms with Crippen LogP contribution in [0.3, 0.4) is 0 Å². The minimum absolute atomic E-state index is 0.0436. The van der Waals surface area contributed by atoms with Gasteiger partial charge in [0.05, 0.1) is 29.6 Å². The number of benzene rings is 1. The molecule has 9 atom stereocenters. The highest BCUT2D eigenvalue weighted by Crippen LogP contribution is 2.64. The van der Waals surface area contributed by atoms with E-state index >= 15 is 4.79 Å². The number of hydrogen-bond acceptors (Lipinski definition) is 14. The number of aliphatic hydroxyl groups is 2. The van der Waals surface area contributed by atoms with E-state index in [1.807, 2.05) is 0 Å². The number of carbonyl (C=O) groups excluding carboxylic acids is 5. The van der Waals surface area contributed by atoms with Gasteiger partial charge in [0.2, 0.25) is 7.59 Å². The summed E-state index contributed by atoms with van der Waals surface area (Å²) in [5, 5.41) is 24.8. The fourth-order valence-corrected chi connectivity index (χ4v) is 8.78. The average Bonchev–Trinajstić information content (AvgIpc) is 3.07. The molecular weight excluding hydrogens is 857 g/mol. The van der Waals surface area contributed by atoms with Gasteiger partial charge in [-0.15, -0.1) is 0 Å². The highest BCUT2D eigenvalue weighted by molar-refractivity contribution is 6.68. The Labute approximate surface area is 345 Å². The number of esters is 2. The van der Waals surface area contributed by atoms with Crippen molar-refractivity contribution in [3.05, 3.63) is 47.0 Å². The van der Waals surface area contributed by atoms with Crippen molar-refractivity contribution >= 4 is 99.6 Å². The molecule has 304 valence electrons. The molecule has 0 amide bonds. The predicted molar refractivity (Wildman–Crippen MR) is 196 cm³/mol. The molecule has 1 unspecified atom stereocenters. The first-order valence-electron chi connectivity index (χ1n) is 16.8. The Morgan fingerprint density at radius 1 is 0.909 bits per heavy atom. The van der Waals surface area contributed by atoms with Crippen molar-refractivity contribution in [1.29, 1.82) is 0 Å². The zero-order valence-electron chi connectivity index (χ0n) is 29.9. The second-order valence-electron chi connectivity index (χ2n) is 14.7. The topological polar surface area (TPSA) is 190 Å². The third kappa shape index (κ3) is 8.22. The first-order valence-corrected chi connectivity index (χ1v) is 19.1. The van der Waals surface area contributed by atoms with E-state index in [1.165, 1.54) is 39.8 Å². The standard InChI is InChI=1S/C35H38Cl6O14/c1-16-19(43)12-33(48)26(54-27(45)18-9-7-6-8-10-18)24-31(5,25(44)23(22(16)30(33,3)4)53-29(47)51-15-35(39,40)41)20(52-28(46)50-14-34(36,37)38)11-21-32(24,13-49-21)55-17(2)42/h6-10,19-21,23-24,26,43,48H,11-15H2,1-5H3/t19-,20-,21+,23+,24?,26-,31+,32-,33+/m0/s1. The van der Waals surface area contributed by atoms with Gasteiger partial charge >= 0.3 is 24.2 Å². The molecule has 20 heteroatoms. The van der Waals surface area contributed by atoms with Crippen LogP contribution < -0.4 is 0 Å². The molecule has 5 rings (SSSR count). The number of hydrogen-bond donors (Lipinski definition) is 2. The number of Topliss-reactive ketones (excluding diaryl/α,β-unsaturated/α-hetero) is 1. The van der Waals surface area contributed by atoms with Gasteiger partial charge in [-0.25, -0.2) is 14.4 Å². The summed E-state index contributed by atoms with van der Waals surface area (Å²) >= 11 is 34.7. The van der Waals surface area contributed by atoms with Gasteiger partial charge in [-0.05, 0) is 37.1 Å². The number of fused-ring (bicyclic) bond motifs is 5. The summed E-state index contributed by atoms with van der Waals surface area (Å²) in [6.07, 6.45) is -11.9. The molecule has 2 N–H and O–H groups in total. The normalized spacial score (nSPS) is 34.0. The van der Waals surface area contributed by atoms with Crippen LogP contribution in [-0.2, 0) is 42.7 Å². The van der Waals surface area contributed by atoms with Gasteiger partial charge in [-0.1, -0.05) is 102 Å². The predicted octanol–water partition coefficient (Wildman–Crippen LogP) is 6.14. The monoisotopic (exact) mass is 892 g/mol. The van der Waals surface area contributed by atoms with Crippen molar-refractivity contribution in [1.82, 2.24) is 0 Å². The van der Waals surface area contributed by atoms with E-state index in [4.69, 9.17) is 103 Å². The third-order valence-electron chi connectivity index (χ3n) is 11.1. The SMILES string of the molecule is CC(=O)O[C@@]12CO[C@@H]1C[C@H](OC(=O)OCC(Cl)(Cl)Cl)[C@@]1(C)C(=O)[C@H](OC(=O)OCC(Cl)(Cl)Cl)C3=C(C)[C@@H](O)C[C@@](O)([C@@H](OC(=O)c4ccccc4)C12)C3(C)C. The number of aliphatic hydroxyl groups excluding tert-OH is 1. The quantitative estimate of drug-likeness (QED) is 0.137. The summed E-state index contributed by atoms with van der Waals surface area (Å²) in [5.41, 5.74) is -8.11. The molecular formula is C35H38Cl6O14. The summed E-state index contributed by atoms with van der Waals surface area (Å²) in [5.74, 6) is -4.48. The number of ketones is 1. The lowest BCUT2D eigenvalue weighted by Crippen LogP contribution is -2.82. The molecule has 1 aromatic rings. The van der Waals surface area contributed by atoms with Crippen molar-refractivity contribution in [3.8, 4) is 0 Å². The van der Waals surface area contributed by atoms with Crippen molar-refractivity contribution in [2.75, 3.05) is 19.8 Å². The number of alkyl halides is 6. The second-order valence-corrected chi connectivity index (χ2v) is 19.7. The van der Waals surface area contributed by atoms with Crippen LogP contribution in [-0.4, -0.2) is 109 Å². The van der Waals surface area contributed by atoms with Gasteiger partial charge in [0.25, 0.3) is 0 Å². The Morgan fingerprint density at radius 2 is 1.47 bits per heavy atom. The summed E-state index contributed by atoms with van der Waals surface area (Å²) < 4.78 is 35.6. The van der Waals surface area contributed by atoms with E-state index in [0.717, 1.165) is 6.92 Å². The molecule has 4 aliphatic rings. The zero-order chi connectivity index (χ0) is 41.1. The molecule has 55 heavy (non-hydrogen) atoms. The lowest BCUT2D eigenvalue weighted by atomic mass is 9.44. The van der Waals surface area contributed by atoms with Crippen LogP contribution in [0.25, 0.3) is 0 Å². The Kier molecular flexibility index (Phi) is 12.3. The van der Waals surface area contributed by atoms with Gasteiger partial charge in [0, 0.05) is 25.2 Å². The number of rotatable bonds is 7. The first kappa shape index (κ1) is 43.8. The van der Waals surface area contributed by atoms with E-state index < -0.39 is 116 Å². The van der Waals surface area contributed by atoms with Crippen molar-refractivity contribution in [3.63, 3.8) is 0 Å². The van der Waals surface area contributed by atoms with Gasteiger partial charge in [0.1, 0.15) is 37.1 Å². The molecule has 1 saturated heterocycles. The maximum absolute atomic E-state index is 15.6. The lowest BCUT2D eigenvalue weighted by Gasteiger charge is -2.67. The summed E-state index contributed by atoms with van der Waals surface area (Å²) in [6.45, 7) is 4.91. The Bertz CT molecular complexity index is 1740. The number of ether oxygens (including phenoxy) is 7. The molecule has 0 spiro atoms. The molecule has 1 aromatic carbocycles. The smallest absolute Gasteiger partial charge is 0.455 e. The van der Waals surface area contributed by atoms with E-state index in [9.17, 15) is 29.4 Å². The van der Waals surface area contributed by atoms with Gasteiger partial charge in [0.15, 0.2) is 17.5 Å². The van der Waals surface area contributed by atoms with Gasteiger partial charge in [-0.2, -0.15) is 0 Å². The third-order valence-corrected chi connectivity index (χ3v) is 11.7. The first-order chi connectivity index (χ1) is 25.3. The Morgan fingerprint density at radius 3 is 1.98 bits per heavy atom. The van der Waals surface area contributed by atoms with Crippen molar-refractivity contribution in [2.45, 2.75) is 96.8 Å². The highest BCUT2D eigenvalue weighted by atomic mass is 35.6. The number of carbonyl (C=O) groups is 5. The molecule has 3 aliphatic carbocycles. The second kappa shape index (κ2) is 15.5. The largest absolute Gasteiger partial charge is 0.509 e. The average molecular weight is 895 g/mol. The fraction of sp³-hybridized carbons (Fsp3) is 0.629. The van der Waals surface area contributed by atoms with Crippen LogP contribution >= 0.6 is 69.6 Å². The Hall–Kier alpha value is -2.27. The molecule has 3 fully saturated rings. The maximum atomic E-state index is 15.6. The van der Waals surface area contributed by atoms with E-state index in [1.54, 1.807) is 18.2 Å². The lowest BCUT2D eigenvalue weighted by molar-refractivity contribution is -0.346. The van der Waals surface area contributed by atoms with E-state index in [-0.39, 0.29) is 29.7 Å². The van der Waals surface area contributed by atoms with Crippen molar-refractivity contribution in [2.24, 2.45) is 16.7 Å². The van der Waals surface area contributed by atoms with Gasteiger partial charge < -0.3 is 43.4 Å². The summed E-state index contributed by atoms with van der Waals surface area (Å²) in [7, 11) is 0. The van der Waals surface area contributed by atoms with Crippen molar-refractivity contribution < 1.29 is 67.3 Å². The maximum Gasteiger partial charge on any atom is 0.509 e. The molecule has 2 bridgehead atoms. The van der Waals surface area contributed by atoms with Crippen LogP contribution in [0.1, 0.15) is 57.8 Å². The number of halogens is 6. The summed E-state index contributed by atoms with van der Waals surface area (Å²) in [6, 6.07) is 7.71. The minimum atomic E-state index is -2.37. The van der Waals surface area contributed by atoms with Crippen LogP contribution in [0.5, 0.6) is 0 Å². The molecule has 2 saturated carbocycles. The Balaban J connectivity index is 1.80. The van der Waals surface area contributed by atoms with Crippen LogP contribution in [0.2, 0.25) is 0 Å². The molecule has 0 radical (unpaired) electrons. The fourth-order valence-electron chi connectivity index (χ4n) is 8.45. The summed E-state index contributed by atoms with van der Waals surface area (Å²) in [4.78, 5) is 69.2. The van der Waals surface area contributed by atoms with Gasteiger partial charge in [-0.3, -0.25) is 9.59 Å². The minimum Gasteiger partial charge on any atom is -0.455 e. The van der Waals surface area contributed by atoms with E-state index in [0.29, 0.717) is 0 Å². The zero-order valence-corrected chi connectivity index (χ0v) is 34.5. The highest BCUT2D eigenvalue weighted by Gasteiger charge is 2.79. The van der Waals surface area contributed by atoms with Crippen LogP contribution in [0, 0.1) is 16.7 Å². The molecule has 14 nitrogen and oxygen atoms in total. The van der Waals surface area contributed by atoms with Crippen LogP contribution in [0.4, 0.5) is 9.59 Å². The molecule has 1 aliphatic heterocycles. The van der Waals surface area contributed by atoms with Crippen LogP contribution in [0.15, 0.2) is 41.5 Å².